The number of carbonyl (C=O) groups is 2. The molecule has 0 saturated carbocycles. The normalized spacial score (nSPS) is 14.1. The van der Waals surface area contributed by atoms with Crippen molar-refractivity contribution in [2.75, 3.05) is 19.6 Å². The van der Waals surface area contributed by atoms with E-state index in [1.54, 1.807) is 58.0 Å². The Balaban J connectivity index is 2.72. The zero-order valence-corrected chi connectivity index (χ0v) is 18.0. The number of esters is 2. The first-order chi connectivity index (χ1) is 13.0. The maximum atomic E-state index is 13.1. The Morgan fingerprint density at radius 2 is 1.71 bits per heavy atom. The molecule has 0 spiro atoms. The molecule has 1 atom stereocenters. The molecule has 1 aromatic rings. The van der Waals surface area contributed by atoms with E-state index in [-0.39, 0.29) is 18.7 Å². The lowest BCUT2D eigenvalue weighted by Crippen LogP contribution is -2.24. The third kappa shape index (κ3) is 9.72. The standard InChI is InChI=1S/C20H29O7P/c1-16(14-24-17(2)21)10-9-13-28(23,27-18-11-7-6-8-12-18)26-15-25-19(22)20(3,4)5/h6-8,10-12H,9,13-15H2,1-5H3/b16-10+. The second-order valence-electron chi connectivity index (χ2n) is 7.29. The van der Waals surface area contributed by atoms with Crippen LogP contribution in [0.2, 0.25) is 0 Å². The van der Waals surface area contributed by atoms with E-state index in [0.29, 0.717) is 12.2 Å². The highest BCUT2D eigenvalue weighted by Gasteiger charge is 2.28. The third-order valence-corrected chi connectivity index (χ3v) is 5.23. The summed E-state index contributed by atoms with van der Waals surface area (Å²) in [5, 5.41) is 0. The summed E-state index contributed by atoms with van der Waals surface area (Å²) in [4.78, 5) is 22.7. The summed E-state index contributed by atoms with van der Waals surface area (Å²) >= 11 is 0. The molecule has 156 valence electrons. The van der Waals surface area contributed by atoms with Crippen LogP contribution in [-0.2, 0) is 28.2 Å². The van der Waals surface area contributed by atoms with Gasteiger partial charge < -0.3 is 14.0 Å². The van der Waals surface area contributed by atoms with Gasteiger partial charge in [0.1, 0.15) is 12.4 Å². The van der Waals surface area contributed by atoms with Crippen molar-refractivity contribution in [3.05, 3.63) is 42.0 Å². The lowest BCUT2D eigenvalue weighted by molar-refractivity contribution is -0.159. The number of allylic oxidation sites excluding steroid dienone is 1. The molecule has 1 unspecified atom stereocenters. The molecule has 0 N–H and O–H groups in total. The Morgan fingerprint density at radius 1 is 1.07 bits per heavy atom. The highest BCUT2D eigenvalue weighted by atomic mass is 31.2. The van der Waals surface area contributed by atoms with Crippen molar-refractivity contribution in [3.8, 4) is 5.75 Å². The molecular weight excluding hydrogens is 383 g/mol. The third-order valence-electron chi connectivity index (χ3n) is 3.44. The highest BCUT2D eigenvalue weighted by molar-refractivity contribution is 7.54. The Bertz CT molecular complexity index is 720. The Hall–Kier alpha value is -2.11. The first kappa shape index (κ1) is 23.9. The predicted molar refractivity (Wildman–Crippen MR) is 106 cm³/mol. The number of hydrogen-bond donors (Lipinski definition) is 0. The molecule has 28 heavy (non-hydrogen) atoms. The van der Waals surface area contributed by atoms with Gasteiger partial charge in [0.2, 0.25) is 6.79 Å². The van der Waals surface area contributed by atoms with E-state index in [0.717, 1.165) is 5.57 Å². The van der Waals surface area contributed by atoms with Gasteiger partial charge in [0.25, 0.3) is 0 Å². The molecule has 0 fully saturated rings. The summed E-state index contributed by atoms with van der Waals surface area (Å²) < 4.78 is 34.0. The van der Waals surface area contributed by atoms with E-state index in [9.17, 15) is 14.2 Å². The van der Waals surface area contributed by atoms with E-state index in [1.165, 1.54) is 6.92 Å². The van der Waals surface area contributed by atoms with Crippen molar-refractivity contribution >= 4 is 19.5 Å². The van der Waals surface area contributed by atoms with Crippen LogP contribution in [0.1, 0.15) is 41.0 Å². The zero-order chi connectivity index (χ0) is 21.2. The van der Waals surface area contributed by atoms with Crippen LogP contribution in [-0.4, -0.2) is 31.5 Å². The van der Waals surface area contributed by atoms with Crippen molar-refractivity contribution in [1.29, 1.82) is 0 Å². The molecule has 1 rings (SSSR count). The Morgan fingerprint density at radius 3 is 2.29 bits per heavy atom. The van der Waals surface area contributed by atoms with Gasteiger partial charge in [-0.2, -0.15) is 0 Å². The van der Waals surface area contributed by atoms with Crippen LogP contribution >= 0.6 is 7.60 Å². The van der Waals surface area contributed by atoms with E-state index in [2.05, 4.69) is 0 Å². The van der Waals surface area contributed by atoms with Crippen molar-refractivity contribution in [2.45, 2.75) is 41.0 Å². The molecule has 0 bridgehead atoms. The summed E-state index contributed by atoms with van der Waals surface area (Å²) in [6.07, 6.45) is 2.26. The lowest BCUT2D eigenvalue weighted by Gasteiger charge is -2.21. The van der Waals surface area contributed by atoms with Gasteiger partial charge in [-0.3, -0.25) is 14.1 Å². The summed E-state index contributed by atoms with van der Waals surface area (Å²) in [7, 11) is -3.57. The van der Waals surface area contributed by atoms with E-state index in [1.807, 2.05) is 6.07 Å². The van der Waals surface area contributed by atoms with Crippen LogP contribution < -0.4 is 4.52 Å². The second-order valence-corrected chi connectivity index (χ2v) is 9.40. The fourth-order valence-corrected chi connectivity index (χ4v) is 3.27. The van der Waals surface area contributed by atoms with Gasteiger partial charge in [-0.05, 0) is 51.8 Å². The minimum atomic E-state index is -3.57. The number of carbonyl (C=O) groups excluding carboxylic acids is 2. The number of benzene rings is 1. The van der Waals surface area contributed by atoms with Gasteiger partial charge in [0, 0.05) is 6.92 Å². The molecular formula is C20H29O7P. The van der Waals surface area contributed by atoms with Crippen molar-refractivity contribution in [2.24, 2.45) is 5.41 Å². The summed E-state index contributed by atoms with van der Waals surface area (Å²) in [5.74, 6) is -0.431. The van der Waals surface area contributed by atoms with Crippen molar-refractivity contribution in [3.63, 3.8) is 0 Å². The smallest absolute Gasteiger partial charge is 0.382 e. The summed E-state index contributed by atoms with van der Waals surface area (Å²) in [5.41, 5.74) is 0.130. The first-order valence-corrected chi connectivity index (χ1v) is 10.7. The SMILES string of the molecule is CC(=O)OC/C(C)=C/CCP(=O)(OCOC(=O)C(C)(C)C)Oc1ccccc1. The molecule has 0 aliphatic carbocycles. The van der Waals surface area contributed by atoms with Crippen molar-refractivity contribution < 1.29 is 32.7 Å². The molecule has 0 aliphatic rings. The van der Waals surface area contributed by atoms with Gasteiger partial charge in [0.05, 0.1) is 11.6 Å². The maximum absolute atomic E-state index is 13.1. The average molecular weight is 412 g/mol. The second kappa shape index (κ2) is 11.0. The van der Waals surface area contributed by atoms with Gasteiger partial charge in [0.15, 0.2) is 0 Å². The lowest BCUT2D eigenvalue weighted by atomic mass is 9.98. The predicted octanol–water partition coefficient (Wildman–Crippen LogP) is 4.72. The largest absolute Gasteiger partial charge is 0.461 e. The van der Waals surface area contributed by atoms with Crippen LogP contribution in [0.25, 0.3) is 0 Å². The fraction of sp³-hybridized carbons (Fsp3) is 0.500. The fourth-order valence-electron chi connectivity index (χ4n) is 1.90. The van der Waals surface area contributed by atoms with Crippen LogP contribution in [0.5, 0.6) is 5.75 Å². The summed E-state index contributed by atoms with van der Waals surface area (Å²) in [6, 6.07) is 8.65. The number of hydrogen-bond acceptors (Lipinski definition) is 7. The quantitative estimate of drug-likeness (QED) is 0.238. The molecule has 7 nitrogen and oxygen atoms in total. The number of rotatable bonds is 10. The minimum absolute atomic E-state index is 0.0758. The minimum Gasteiger partial charge on any atom is -0.461 e. The van der Waals surface area contributed by atoms with Gasteiger partial charge in [-0.25, -0.2) is 4.57 Å². The number of para-hydroxylation sites is 1. The molecule has 0 aliphatic heterocycles. The molecule has 0 radical (unpaired) electrons. The summed E-state index contributed by atoms with van der Waals surface area (Å²) in [6.45, 7) is 7.99. The van der Waals surface area contributed by atoms with Gasteiger partial charge in [-0.1, -0.05) is 24.3 Å². The highest BCUT2D eigenvalue weighted by Crippen LogP contribution is 2.49. The maximum Gasteiger partial charge on any atom is 0.382 e. The zero-order valence-electron chi connectivity index (χ0n) is 17.1. The first-order valence-electron chi connectivity index (χ1n) is 8.96. The van der Waals surface area contributed by atoms with Crippen LogP contribution in [0.4, 0.5) is 0 Å². The van der Waals surface area contributed by atoms with Crippen LogP contribution in [0, 0.1) is 5.41 Å². The molecule has 1 aromatic carbocycles. The topological polar surface area (TPSA) is 88.1 Å². The molecule has 0 heterocycles. The monoisotopic (exact) mass is 412 g/mol. The average Bonchev–Trinajstić information content (AvgIpc) is 2.60. The van der Waals surface area contributed by atoms with E-state index < -0.39 is 25.8 Å². The van der Waals surface area contributed by atoms with Crippen LogP contribution in [0.3, 0.4) is 0 Å². The Kier molecular flexibility index (Phi) is 9.42. The van der Waals surface area contributed by atoms with Gasteiger partial charge >= 0.3 is 19.5 Å². The van der Waals surface area contributed by atoms with Crippen LogP contribution in [0.15, 0.2) is 42.0 Å². The Labute approximate surface area is 166 Å². The molecule has 0 amide bonds. The van der Waals surface area contributed by atoms with E-state index >= 15 is 0 Å². The molecule has 8 heteroatoms. The van der Waals surface area contributed by atoms with E-state index in [4.69, 9.17) is 18.5 Å². The van der Waals surface area contributed by atoms with Gasteiger partial charge in [-0.15, -0.1) is 0 Å². The molecule has 0 aromatic heterocycles. The van der Waals surface area contributed by atoms with Crippen molar-refractivity contribution in [1.82, 2.24) is 0 Å². The number of ether oxygens (including phenoxy) is 2. The molecule has 0 saturated heterocycles.